The van der Waals surface area contributed by atoms with Crippen LogP contribution in [0.3, 0.4) is 0 Å². The number of furan rings is 2. The highest BCUT2D eigenvalue weighted by Crippen LogP contribution is 2.52. The summed E-state index contributed by atoms with van der Waals surface area (Å²) in [4.78, 5) is 4.81. The Labute approximate surface area is 631 Å². The van der Waals surface area contributed by atoms with Crippen LogP contribution in [0.5, 0.6) is 0 Å². The third-order valence-corrected chi connectivity index (χ3v) is 23.7. The maximum Gasteiger partial charge on any atom is 0.159 e. The highest BCUT2D eigenvalue weighted by atomic mass is 32.1. The molecule has 0 amide bonds. The first-order valence-electron chi connectivity index (χ1n) is 36.7. The van der Waals surface area contributed by atoms with Gasteiger partial charge in [-0.05, 0) is 186 Å². The highest BCUT2D eigenvalue weighted by molar-refractivity contribution is 7.26. The van der Waals surface area contributed by atoms with Crippen LogP contribution in [-0.4, -0.2) is 0 Å². The maximum atomic E-state index is 6.79. The third-order valence-electron chi connectivity index (χ3n) is 21.5. The zero-order chi connectivity index (χ0) is 71.2. The fourth-order valence-corrected chi connectivity index (χ4v) is 18.8. The Hall–Kier alpha value is -13.6. The molecule has 6 heteroatoms. The first-order chi connectivity index (χ1) is 53.5. The summed E-state index contributed by atoms with van der Waals surface area (Å²) in [7, 11) is 0. The van der Waals surface area contributed by atoms with Gasteiger partial charge in [0.05, 0.1) is 17.1 Å². The average molecular weight is 1410 g/mol. The molecule has 22 rings (SSSR count). The zero-order valence-corrected chi connectivity index (χ0v) is 60.1. The average Bonchev–Trinajstić information content (AvgIpc) is 1.27. The monoisotopic (exact) mass is 1410 g/mol. The predicted molar refractivity (Wildman–Crippen MR) is 462 cm³/mol. The largest absolute Gasteiger partial charge is 0.454 e. The zero-order valence-electron chi connectivity index (χ0n) is 58.5. The van der Waals surface area contributed by atoms with E-state index < -0.39 is 0 Å². The Bertz CT molecular complexity index is 7260. The van der Waals surface area contributed by atoms with Gasteiger partial charge in [-0.15, -0.1) is 22.7 Å². The molecule has 4 aromatic heterocycles. The van der Waals surface area contributed by atoms with E-state index in [2.05, 4.69) is 386 Å². The number of thiophene rings is 2. The van der Waals surface area contributed by atoms with Crippen LogP contribution in [0.2, 0.25) is 0 Å². The fourth-order valence-electron chi connectivity index (χ4n) is 16.6. The molecule has 0 saturated carbocycles. The van der Waals surface area contributed by atoms with E-state index in [0.717, 1.165) is 94.7 Å². The molecule has 0 aliphatic heterocycles. The van der Waals surface area contributed by atoms with E-state index in [-0.39, 0.29) is 0 Å². The van der Waals surface area contributed by atoms with Crippen molar-refractivity contribution in [3.8, 4) is 55.6 Å². The number of benzene rings is 18. The lowest BCUT2D eigenvalue weighted by Gasteiger charge is -2.29. The van der Waals surface area contributed by atoms with E-state index in [4.69, 9.17) is 8.83 Å². The van der Waals surface area contributed by atoms with Crippen LogP contribution in [0.15, 0.2) is 397 Å². The number of hydrogen-bond donors (Lipinski definition) is 0. The van der Waals surface area contributed by atoms with Crippen LogP contribution < -0.4 is 9.80 Å². The third kappa shape index (κ3) is 10.8. The van der Waals surface area contributed by atoms with Gasteiger partial charge in [0.25, 0.3) is 0 Å². The van der Waals surface area contributed by atoms with E-state index in [1.165, 1.54) is 112 Å². The Kier molecular flexibility index (Phi) is 15.3. The SMILES string of the molecule is c1ccc(-c2cc(-c3cccc4sc5ccccc5c34)cc(N(c3cc4ccccc4c4ccccc34)c3cccc4c3oc3ccccc34)c2)cc1.c1ccc(-c2ccc(N(c3cc(-c4cccc5ccccc45)cc(-c4cccc5sc6ccccc6c45)c3)c3cccc4c3oc3ccccc34)cc2)cc1. The van der Waals surface area contributed by atoms with E-state index in [1.807, 2.05) is 34.8 Å². The number of hydrogen-bond acceptors (Lipinski definition) is 6. The summed E-state index contributed by atoms with van der Waals surface area (Å²) >= 11 is 3.72. The molecule has 4 nitrogen and oxygen atoms in total. The van der Waals surface area contributed by atoms with Crippen molar-refractivity contribution in [2.45, 2.75) is 0 Å². The molecule has 0 radical (unpaired) electrons. The molecule has 0 saturated heterocycles. The Morgan fingerprint density at radius 1 is 0.194 bits per heavy atom. The van der Waals surface area contributed by atoms with E-state index in [0.29, 0.717) is 0 Å². The minimum atomic E-state index is 0.860. The standard InChI is InChI=1S/C52H33NOS.C50H31NOS/c1-2-13-34(14-3-1)35-27-29-39(30-28-35)53(47-23-11-22-45-44-18-6-8-24-48(44)54-52(45)47)40-32-37(42-20-10-16-36-15-4-5-17-41(36)42)31-38(33-40)43-21-12-26-50-51(43)46-19-7-9-25-49(46)55-50;1-2-14-32(15-3-1)34-28-35(38-22-13-27-48-49(38)43-21-9-11-26-47(43)53-48)30-36(29-34)51(44-24-12-23-42-41-20-8-10-25-46(41)52-50(42)44)45-31-33-16-4-5-17-37(33)39-18-6-7-19-40(39)45/h1-33H;1-31H. The summed E-state index contributed by atoms with van der Waals surface area (Å²) in [5.41, 5.74) is 21.6. The molecule has 0 spiro atoms. The molecule has 0 fully saturated rings. The number of para-hydroxylation sites is 4. The molecule has 0 atom stereocenters. The van der Waals surface area contributed by atoms with Crippen molar-refractivity contribution >= 4 is 173 Å². The molecule has 506 valence electrons. The van der Waals surface area contributed by atoms with Gasteiger partial charge in [-0.2, -0.15) is 0 Å². The van der Waals surface area contributed by atoms with Gasteiger partial charge in [-0.25, -0.2) is 0 Å². The molecule has 0 N–H and O–H groups in total. The predicted octanol–water partition coefficient (Wildman–Crippen LogP) is 30.6. The van der Waals surface area contributed by atoms with Crippen LogP contribution in [0.4, 0.5) is 34.1 Å². The summed E-state index contributed by atoms with van der Waals surface area (Å²) < 4.78 is 18.7. The van der Waals surface area contributed by atoms with Crippen LogP contribution in [-0.2, 0) is 0 Å². The van der Waals surface area contributed by atoms with Crippen molar-refractivity contribution in [3.63, 3.8) is 0 Å². The minimum Gasteiger partial charge on any atom is -0.454 e. The van der Waals surface area contributed by atoms with Gasteiger partial charge in [0.15, 0.2) is 11.2 Å². The number of rotatable bonds is 11. The molecular weight excluding hydrogens is 1350 g/mol. The summed E-state index contributed by atoms with van der Waals surface area (Å²) in [6.45, 7) is 0. The lowest BCUT2D eigenvalue weighted by Crippen LogP contribution is -2.11. The molecule has 4 heterocycles. The summed E-state index contributed by atoms with van der Waals surface area (Å²) in [5, 5.41) is 16.9. The Morgan fingerprint density at radius 2 is 0.583 bits per heavy atom. The van der Waals surface area contributed by atoms with Crippen molar-refractivity contribution < 1.29 is 8.83 Å². The molecule has 0 aliphatic rings. The fraction of sp³-hybridized carbons (Fsp3) is 0. The van der Waals surface area contributed by atoms with Gasteiger partial charge in [-0.1, -0.05) is 285 Å². The van der Waals surface area contributed by atoms with Crippen molar-refractivity contribution in [1.29, 1.82) is 0 Å². The number of fused-ring (bicyclic) bond motifs is 16. The van der Waals surface area contributed by atoms with Crippen molar-refractivity contribution in [2.24, 2.45) is 0 Å². The second-order valence-electron chi connectivity index (χ2n) is 27.7. The lowest BCUT2D eigenvalue weighted by atomic mass is 9.92. The molecule has 0 unspecified atom stereocenters. The van der Waals surface area contributed by atoms with E-state index in [9.17, 15) is 0 Å². The topological polar surface area (TPSA) is 32.8 Å². The maximum absolute atomic E-state index is 6.79. The van der Waals surface area contributed by atoms with Gasteiger partial charge in [0.2, 0.25) is 0 Å². The summed E-state index contributed by atoms with van der Waals surface area (Å²) in [6.07, 6.45) is 0. The second-order valence-corrected chi connectivity index (χ2v) is 29.9. The quantitative estimate of drug-likeness (QED) is 0.121. The first-order valence-corrected chi connectivity index (χ1v) is 38.3. The molecule has 18 aromatic carbocycles. The van der Waals surface area contributed by atoms with Crippen LogP contribution in [0, 0.1) is 0 Å². The number of nitrogens with zero attached hydrogens (tertiary/aromatic N) is 2. The Balaban J connectivity index is 0.000000138. The summed E-state index contributed by atoms with van der Waals surface area (Å²) in [6, 6.07) is 140. The highest BCUT2D eigenvalue weighted by Gasteiger charge is 2.27. The van der Waals surface area contributed by atoms with Crippen molar-refractivity contribution in [2.75, 3.05) is 9.80 Å². The minimum absolute atomic E-state index is 0.860. The van der Waals surface area contributed by atoms with Gasteiger partial charge < -0.3 is 18.6 Å². The second kappa shape index (κ2) is 26.2. The number of anilines is 6. The van der Waals surface area contributed by atoms with Gasteiger partial charge in [0, 0.05) is 84.3 Å². The van der Waals surface area contributed by atoms with Gasteiger partial charge in [-0.3, -0.25) is 0 Å². The molecular formula is C102H64N2O2S2. The molecule has 22 aromatic rings. The molecule has 0 aliphatic carbocycles. The van der Waals surface area contributed by atoms with Gasteiger partial charge >= 0.3 is 0 Å². The normalized spacial score (nSPS) is 11.7. The van der Waals surface area contributed by atoms with Crippen molar-refractivity contribution in [3.05, 3.63) is 388 Å². The van der Waals surface area contributed by atoms with Crippen LogP contribution in [0.1, 0.15) is 0 Å². The first kappa shape index (κ1) is 62.9. The molecule has 108 heavy (non-hydrogen) atoms. The van der Waals surface area contributed by atoms with Crippen molar-refractivity contribution in [1.82, 2.24) is 0 Å². The summed E-state index contributed by atoms with van der Waals surface area (Å²) in [5.74, 6) is 0. The Morgan fingerprint density at radius 3 is 1.19 bits per heavy atom. The molecule has 0 bridgehead atoms. The van der Waals surface area contributed by atoms with E-state index in [1.54, 1.807) is 0 Å². The lowest BCUT2D eigenvalue weighted by molar-refractivity contribution is 0.668. The van der Waals surface area contributed by atoms with Crippen LogP contribution >= 0.6 is 22.7 Å². The van der Waals surface area contributed by atoms with Crippen LogP contribution in [0.25, 0.3) is 172 Å². The smallest absolute Gasteiger partial charge is 0.159 e. The van der Waals surface area contributed by atoms with E-state index >= 15 is 0 Å². The van der Waals surface area contributed by atoms with Gasteiger partial charge in [0.1, 0.15) is 11.2 Å².